The molecule has 0 spiro atoms. The molecule has 0 aliphatic carbocycles. The van der Waals surface area contributed by atoms with Crippen LogP contribution in [0.3, 0.4) is 0 Å². The Labute approximate surface area is 218 Å². The minimum absolute atomic E-state index is 0.128. The fourth-order valence-electron chi connectivity index (χ4n) is 3.98. The Hall–Kier alpha value is -3.43. The quantitative estimate of drug-likeness (QED) is 0.222. The van der Waals surface area contributed by atoms with Crippen molar-refractivity contribution in [2.24, 2.45) is 0 Å². The van der Waals surface area contributed by atoms with Crippen LogP contribution in [0.1, 0.15) is 34.0 Å². The molecule has 0 saturated heterocycles. The van der Waals surface area contributed by atoms with Crippen LogP contribution in [-0.4, -0.2) is 39.5 Å². The lowest BCUT2D eigenvalue weighted by atomic mass is 9.97. The van der Waals surface area contributed by atoms with Gasteiger partial charge in [0.1, 0.15) is 10.6 Å². The predicted molar refractivity (Wildman–Crippen MR) is 146 cm³/mol. The highest BCUT2D eigenvalue weighted by atomic mass is 32.2. The van der Waals surface area contributed by atoms with Gasteiger partial charge in [-0.25, -0.2) is 4.79 Å². The Morgan fingerprint density at radius 2 is 1.78 bits per heavy atom. The second-order valence-corrected chi connectivity index (χ2v) is 10.2. The average Bonchev–Trinajstić information content (AvgIpc) is 3.47. The summed E-state index contributed by atoms with van der Waals surface area (Å²) in [5.41, 5.74) is 6.33. The maximum Gasteiger partial charge on any atom is 0.341 e. The van der Waals surface area contributed by atoms with Gasteiger partial charge in [0.2, 0.25) is 5.91 Å². The molecule has 2 aromatic carbocycles. The van der Waals surface area contributed by atoms with Crippen molar-refractivity contribution in [2.45, 2.75) is 39.4 Å². The summed E-state index contributed by atoms with van der Waals surface area (Å²) in [6.45, 7) is 8.75. The maximum absolute atomic E-state index is 12.9. The van der Waals surface area contributed by atoms with Gasteiger partial charge in [0, 0.05) is 23.1 Å². The molecule has 0 unspecified atom stereocenters. The van der Waals surface area contributed by atoms with Crippen molar-refractivity contribution in [3.8, 4) is 22.5 Å². The Morgan fingerprint density at radius 3 is 2.50 bits per heavy atom. The van der Waals surface area contributed by atoms with E-state index >= 15 is 0 Å². The molecule has 2 aromatic heterocycles. The Morgan fingerprint density at radius 1 is 1.03 bits per heavy atom. The number of anilines is 1. The van der Waals surface area contributed by atoms with Crippen molar-refractivity contribution in [1.29, 1.82) is 0 Å². The number of methoxy groups -OCH3 is 1. The van der Waals surface area contributed by atoms with Crippen molar-refractivity contribution >= 4 is 40.0 Å². The minimum atomic E-state index is -0.483. The number of nitrogens with zero attached hydrogens (tertiary/aromatic N) is 3. The van der Waals surface area contributed by atoms with Crippen LogP contribution < -0.4 is 5.32 Å². The SMILES string of the molecule is CCn1c(SCC(=O)Nc2scc(-c3cc(C)ccc3C)c2C(=O)OC)nnc1-c1ccccc1C. The van der Waals surface area contributed by atoms with Crippen LogP contribution in [-0.2, 0) is 16.1 Å². The highest BCUT2D eigenvalue weighted by Crippen LogP contribution is 2.38. The molecule has 186 valence electrons. The van der Waals surface area contributed by atoms with Gasteiger partial charge < -0.3 is 14.6 Å². The molecular weight excluding hydrogens is 492 g/mol. The molecule has 7 nitrogen and oxygen atoms in total. The summed E-state index contributed by atoms with van der Waals surface area (Å²) in [5, 5.41) is 14.6. The number of benzene rings is 2. The second kappa shape index (κ2) is 11.1. The minimum Gasteiger partial charge on any atom is -0.465 e. The number of ether oxygens (including phenoxy) is 1. The summed E-state index contributed by atoms with van der Waals surface area (Å²) in [5.74, 6) is 0.192. The van der Waals surface area contributed by atoms with Crippen molar-refractivity contribution in [3.63, 3.8) is 0 Å². The lowest BCUT2D eigenvalue weighted by Crippen LogP contribution is -2.16. The van der Waals surface area contributed by atoms with E-state index in [0.717, 1.165) is 39.2 Å². The van der Waals surface area contributed by atoms with Gasteiger partial charge in [-0.1, -0.05) is 59.8 Å². The fourth-order valence-corrected chi connectivity index (χ4v) is 5.74. The first-order valence-electron chi connectivity index (χ1n) is 11.5. The molecule has 0 atom stereocenters. The van der Waals surface area contributed by atoms with E-state index in [9.17, 15) is 9.59 Å². The lowest BCUT2D eigenvalue weighted by molar-refractivity contribution is -0.113. The van der Waals surface area contributed by atoms with E-state index in [1.54, 1.807) is 0 Å². The third-order valence-electron chi connectivity index (χ3n) is 5.87. The van der Waals surface area contributed by atoms with Crippen LogP contribution in [0.15, 0.2) is 53.0 Å². The molecule has 4 rings (SSSR count). The predicted octanol–water partition coefficient (Wildman–Crippen LogP) is 6.14. The highest BCUT2D eigenvalue weighted by Gasteiger charge is 2.24. The number of esters is 1. The smallest absolute Gasteiger partial charge is 0.341 e. The van der Waals surface area contributed by atoms with Gasteiger partial charge in [0.25, 0.3) is 0 Å². The van der Waals surface area contributed by atoms with Crippen LogP contribution in [0.25, 0.3) is 22.5 Å². The molecule has 0 bridgehead atoms. The number of carbonyl (C=O) groups is 2. The van der Waals surface area contributed by atoms with E-state index in [0.29, 0.717) is 22.3 Å². The molecule has 0 fully saturated rings. The number of aromatic nitrogens is 3. The Bertz CT molecular complexity index is 1420. The molecular formula is C27H28N4O3S2. The fraction of sp³-hybridized carbons (Fsp3) is 0.259. The second-order valence-electron chi connectivity index (χ2n) is 8.37. The number of nitrogens with one attached hydrogen (secondary N) is 1. The van der Waals surface area contributed by atoms with E-state index in [4.69, 9.17) is 4.74 Å². The van der Waals surface area contributed by atoms with E-state index in [-0.39, 0.29) is 11.7 Å². The summed E-state index contributed by atoms with van der Waals surface area (Å²) < 4.78 is 7.06. The van der Waals surface area contributed by atoms with Crippen LogP contribution >= 0.6 is 23.1 Å². The van der Waals surface area contributed by atoms with E-state index < -0.39 is 5.97 Å². The average molecular weight is 521 g/mol. The number of hydrogen-bond acceptors (Lipinski definition) is 7. The molecule has 9 heteroatoms. The molecule has 0 aliphatic rings. The summed E-state index contributed by atoms with van der Waals surface area (Å²) in [6, 6.07) is 14.1. The normalized spacial score (nSPS) is 10.9. The van der Waals surface area contributed by atoms with E-state index in [2.05, 4.69) is 15.5 Å². The number of thiophene rings is 1. The van der Waals surface area contributed by atoms with Gasteiger partial charge in [0.05, 0.1) is 12.9 Å². The largest absolute Gasteiger partial charge is 0.465 e. The van der Waals surface area contributed by atoms with Gasteiger partial charge in [0.15, 0.2) is 11.0 Å². The Kier molecular flexibility index (Phi) is 7.91. The van der Waals surface area contributed by atoms with E-state index in [1.807, 2.05) is 80.1 Å². The number of rotatable bonds is 8. The molecule has 0 radical (unpaired) electrons. The first-order valence-corrected chi connectivity index (χ1v) is 13.4. The summed E-state index contributed by atoms with van der Waals surface area (Å²) >= 11 is 2.63. The topological polar surface area (TPSA) is 86.1 Å². The maximum atomic E-state index is 12.9. The molecule has 1 N–H and O–H groups in total. The number of aryl methyl sites for hydroxylation is 3. The van der Waals surface area contributed by atoms with Gasteiger partial charge in [-0.3, -0.25) is 4.79 Å². The molecule has 0 saturated carbocycles. The first-order chi connectivity index (χ1) is 17.3. The van der Waals surface area contributed by atoms with Crippen molar-refractivity contribution in [1.82, 2.24) is 14.8 Å². The van der Waals surface area contributed by atoms with Crippen molar-refractivity contribution in [2.75, 3.05) is 18.2 Å². The highest BCUT2D eigenvalue weighted by molar-refractivity contribution is 7.99. The third-order valence-corrected chi connectivity index (χ3v) is 7.73. The van der Waals surface area contributed by atoms with Gasteiger partial charge in [-0.15, -0.1) is 21.5 Å². The molecule has 4 aromatic rings. The zero-order valence-corrected chi connectivity index (χ0v) is 22.5. The molecule has 0 aliphatic heterocycles. The zero-order chi connectivity index (χ0) is 25.8. The molecule has 36 heavy (non-hydrogen) atoms. The van der Waals surface area contributed by atoms with Crippen molar-refractivity contribution in [3.05, 3.63) is 70.1 Å². The van der Waals surface area contributed by atoms with Gasteiger partial charge in [-0.2, -0.15) is 0 Å². The standard InChI is InChI=1S/C27H28N4O3S2/c1-6-31-24(19-10-8-7-9-17(19)3)29-30-27(31)36-15-22(32)28-25-23(26(33)34-5)21(14-35-25)20-13-16(2)11-12-18(20)4/h7-14H,6,15H2,1-5H3,(H,28,32). The molecule has 1 amide bonds. The van der Waals surface area contributed by atoms with Gasteiger partial charge in [-0.05, 0) is 44.4 Å². The lowest BCUT2D eigenvalue weighted by Gasteiger charge is -2.11. The first kappa shape index (κ1) is 25.7. The van der Waals surface area contributed by atoms with Crippen LogP contribution in [0.2, 0.25) is 0 Å². The van der Waals surface area contributed by atoms with Gasteiger partial charge >= 0.3 is 5.97 Å². The zero-order valence-electron chi connectivity index (χ0n) is 20.9. The monoisotopic (exact) mass is 520 g/mol. The van der Waals surface area contributed by atoms with Crippen LogP contribution in [0.4, 0.5) is 5.00 Å². The van der Waals surface area contributed by atoms with E-state index in [1.165, 1.54) is 30.2 Å². The third kappa shape index (κ3) is 5.22. The van der Waals surface area contributed by atoms with Crippen molar-refractivity contribution < 1.29 is 14.3 Å². The number of amides is 1. The summed E-state index contributed by atoms with van der Waals surface area (Å²) in [7, 11) is 1.35. The number of thioether (sulfide) groups is 1. The van der Waals surface area contributed by atoms with Crippen LogP contribution in [0.5, 0.6) is 0 Å². The molecule has 2 heterocycles. The number of carbonyl (C=O) groups excluding carboxylic acids is 2. The Balaban J connectivity index is 1.54. The van der Waals surface area contributed by atoms with Crippen LogP contribution in [0, 0.1) is 20.8 Å². The summed E-state index contributed by atoms with van der Waals surface area (Å²) in [6.07, 6.45) is 0. The number of hydrogen-bond donors (Lipinski definition) is 1. The summed E-state index contributed by atoms with van der Waals surface area (Å²) in [4.78, 5) is 25.6.